The number of benzene rings is 1. The topological polar surface area (TPSA) is 69.7 Å². The number of amides is 1. The number of rotatable bonds is 7. The average Bonchev–Trinajstić information content (AvgIpc) is 2.56. The van der Waals surface area contributed by atoms with Gasteiger partial charge in [-0.3, -0.25) is 9.69 Å². The Hall–Kier alpha value is -1.15. The van der Waals surface area contributed by atoms with Crippen LogP contribution in [-0.4, -0.2) is 62.8 Å². The highest BCUT2D eigenvalue weighted by Crippen LogP contribution is 2.16. The van der Waals surface area contributed by atoms with E-state index in [4.69, 9.17) is 0 Å². The third kappa shape index (κ3) is 5.73. The summed E-state index contributed by atoms with van der Waals surface area (Å²) < 4.78 is 26.6. The molecule has 6 nitrogen and oxygen atoms in total. The lowest BCUT2D eigenvalue weighted by atomic mass is 10.3. The largest absolute Gasteiger partial charge is 0.355 e. The number of sulfonamides is 1. The van der Waals surface area contributed by atoms with Crippen LogP contribution in [0.5, 0.6) is 0 Å². The third-order valence-electron chi connectivity index (χ3n) is 3.94. The fourth-order valence-electron chi connectivity index (χ4n) is 2.60. The zero-order chi connectivity index (χ0) is 16.7. The van der Waals surface area contributed by atoms with Crippen molar-refractivity contribution in [3.8, 4) is 0 Å². The van der Waals surface area contributed by atoms with Crippen LogP contribution in [0.3, 0.4) is 0 Å². The molecule has 2 rings (SSSR count). The highest BCUT2D eigenvalue weighted by molar-refractivity contribution is 7.89. The van der Waals surface area contributed by atoms with E-state index in [0.717, 1.165) is 13.0 Å². The Morgan fingerprint density at radius 3 is 2.33 bits per heavy atom. The fourth-order valence-corrected chi connectivity index (χ4v) is 4.05. The predicted octanol–water partition coefficient (Wildman–Crippen LogP) is 1.33. The van der Waals surface area contributed by atoms with Crippen LogP contribution in [0.15, 0.2) is 35.2 Å². The van der Waals surface area contributed by atoms with Crippen LogP contribution in [0.25, 0.3) is 0 Å². The predicted molar refractivity (Wildman–Crippen MR) is 96.8 cm³/mol. The number of hydrogen-bond donors (Lipinski definition) is 1. The van der Waals surface area contributed by atoms with Crippen molar-refractivity contribution in [3.63, 3.8) is 0 Å². The molecule has 1 saturated heterocycles. The second-order valence-corrected chi connectivity index (χ2v) is 7.60. The van der Waals surface area contributed by atoms with E-state index in [-0.39, 0.29) is 18.3 Å². The Morgan fingerprint density at radius 2 is 1.75 bits per heavy atom. The Labute approximate surface area is 150 Å². The summed E-state index contributed by atoms with van der Waals surface area (Å²) in [7, 11) is -3.39. The molecule has 0 radical (unpaired) electrons. The van der Waals surface area contributed by atoms with E-state index in [1.807, 2.05) is 13.0 Å². The molecule has 1 aromatic rings. The van der Waals surface area contributed by atoms with Gasteiger partial charge in [0.25, 0.3) is 0 Å². The molecule has 0 aliphatic carbocycles. The summed E-state index contributed by atoms with van der Waals surface area (Å²) in [5.41, 5.74) is 0. The van der Waals surface area contributed by atoms with E-state index in [9.17, 15) is 13.2 Å². The van der Waals surface area contributed by atoms with Gasteiger partial charge in [0, 0.05) is 45.7 Å². The lowest BCUT2D eigenvalue weighted by molar-refractivity contribution is -0.121. The van der Waals surface area contributed by atoms with Gasteiger partial charge in [0.15, 0.2) is 0 Å². The van der Waals surface area contributed by atoms with E-state index < -0.39 is 10.0 Å². The van der Waals surface area contributed by atoms with Crippen LogP contribution in [-0.2, 0) is 14.8 Å². The van der Waals surface area contributed by atoms with Crippen molar-refractivity contribution >= 4 is 28.3 Å². The Kier molecular flexibility index (Phi) is 8.69. The molecular formula is C16H26ClN3O3S. The number of halogens is 1. The maximum absolute atomic E-state index is 12.5. The zero-order valence-corrected chi connectivity index (χ0v) is 15.6. The molecule has 0 spiro atoms. The molecule has 1 aromatic carbocycles. The van der Waals surface area contributed by atoms with Gasteiger partial charge in [-0.05, 0) is 18.6 Å². The maximum Gasteiger partial charge on any atom is 0.243 e. The average molecular weight is 376 g/mol. The highest BCUT2D eigenvalue weighted by Gasteiger charge is 2.27. The van der Waals surface area contributed by atoms with Gasteiger partial charge in [-0.2, -0.15) is 4.31 Å². The number of hydrogen-bond acceptors (Lipinski definition) is 4. The van der Waals surface area contributed by atoms with E-state index in [2.05, 4.69) is 10.2 Å². The quantitative estimate of drug-likeness (QED) is 0.780. The summed E-state index contributed by atoms with van der Waals surface area (Å²) in [6.45, 7) is 5.70. The molecule has 1 aliphatic heterocycles. The van der Waals surface area contributed by atoms with Crippen LogP contribution >= 0.6 is 12.4 Å². The first-order valence-electron chi connectivity index (χ1n) is 8.08. The van der Waals surface area contributed by atoms with E-state index in [1.54, 1.807) is 24.3 Å². The molecule has 1 aliphatic rings. The maximum atomic E-state index is 12.5. The molecule has 0 atom stereocenters. The van der Waals surface area contributed by atoms with Crippen molar-refractivity contribution < 1.29 is 13.2 Å². The Bertz CT molecular complexity index is 602. The number of nitrogens with one attached hydrogen (secondary N) is 1. The van der Waals surface area contributed by atoms with Gasteiger partial charge in [-0.25, -0.2) is 8.42 Å². The lowest BCUT2D eigenvalue weighted by Gasteiger charge is -2.33. The highest BCUT2D eigenvalue weighted by atomic mass is 35.5. The van der Waals surface area contributed by atoms with Crippen molar-refractivity contribution in [2.24, 2.45) is 0 Å². The van der Waals surface area contributed by atoms with Gasteiger partial charge in [-0.1, -0.05) is 25.1 Å². The molecule has 24 heavy (non-hydrogen) atoms. The number of piperazine rings is 1. The SMILES string of the molecule is CCCC(=O)NCCN1CCN(S(=O)(=O)c2ccccc2)CC1.Cl. The minimum absolute atomic E-state index is 0. The van der Waals surface area contributed by atoms with Crippen molar-refractivity contribution in [1.29, 1.82) is 0 Å². The molecule has 1 N–H and O–H groups in total. The van der Waals surface area contributed by atoms with Crippen molar-refractivity contribution in [2.75, 3.05) is 39.3 Å². The van der Waals surface area contributed by atoms with Gasteiger partial charge in [-0.15, -0.1) is 12.4 Å². The second-order valence-electron chi connectivity index (χ2n) is 5.66. The van der Waals surface area contributed by atoms with Crippen LogP contribution in [0, 0.1) is 0 Å². The second kappa shape index (κ2) is 9.98. The van der Waals surface area contributed by atoms with Gasteiger partial charge in [0.1, 0.15) is 0 Å². The molecule has 0 bridgehead atoms. The standard InChI is InChI=1S/C16H25N3O3S.ClH/c1-2-6-16(20)17-9-10-18-11-13-19(14-12-18)23(21,22)15-7-4-3-5-8-15;/h3-5,7-8H,2,6,9-14H2,1H3,(H,17,20);1H. The molecule has 0 unspecified atom stereocenters. The van der Waals surface area contributed by atoms with Gasteiger partial charge >= 0.3 is 0 Å². The van der Waals surface area contributed by atoms with Crippen LogP contribution < -0.4 is 5.32 Å². The molecule has 1 fully saturated rings. The monoisotopic (exact) mass is 375 g/mol. The van der Waals surface area contributed by atoms with Gasteiger partial charge in [0.05, 0.1) is 4.90 Å². The first-order chi connectivity index (χ1) is 11.0. The summed E-state index contributed by atoms with van der Waals surface area (Å²) in [5, 5.41) is 2.89. The molecule has 8 heteroatoms. The van der Waals surface area contributed by atoms with E-state index in [1.165, 1.54) is 4.31 Å². The van der Waals surface area contributed by atoms with Gasteiger partial charge in [0.2, 0.25) is 15.9 Å². The summed E-state index contributed by atoms with van der Waals surface area (Å²) in [6.07, 6.45) is 1.41. The van der Waals surface area contributed by atoms with Crippen LogP contribution in [0.1, 0.15) is 19.8 Å². The van der Waals surface area contributed by atoms with Crippen molar-refractivity contribution in [2.45, 2.75) is 24.7 Å². The Balaban J connectivity index is 0.00000288. The molecule has 1 amide bonds. The first-order valence-corrected chi connectivity index (χ1v) is 9.52. The number of carbonyl (C=O) groups is 1. The molecular weight excluding hydrogens is 350 g/mol. The molecule has 1 heterocycles. The van der Waals surface area contributed by atoms with Crippen molar-refractivity contribution in [1.82, 2.24) is 14.5 Å². The molecule has 136 valence electrons. The molecule has 0 aromatic heterocycles. The number of carbonyl (C=O) groups excluding carboxylic acids is 1. The summed E-state index contributed by atoms with van der Waals surface area (Å²) in [5.74, 6) is 0.0813. The van der Waals surface area contributed by atoms with E-state index in [0.29, 0.717) is 44.0 Å². The van der Waals surface area contributed by atoms with E-state index >= 15 is 0 Å². The summed E-state index contributed by atoms with van der Waals surface area (Å²) in [6, 6.07) is 8.55. The smallest absolute Gasteiger partial charge is 0.243 e. The van der Waals surface area contributed by atoms with Crippen LogP contribution in [0.2, 0.25) is 0 Å². The lowest BCUT2D eigenvalue weighted by Crippen LogP contribution is -2.50. The third-order valence-corrected chi connectivity index (χ3v) is 5.85. The fraction of sp³-hybridized carbons (Fsp3) is 0.562. The number of nitrogens with zero attached hydrogens (tertiary/aromatic N) is 2. The zero-order valence-electron chi connectivity index (χ0n) is 14.0. The summed E-state index contributed by atoms with van der Waals surface area (Å²) in [4.78, 5) is 13.9. The molecule has 0 saturated carbocycles. The van der Waals surface area contributed by atoms with Gasteiger partial charge < -0.3 is 5.32 Å². The first kappa shape index (κ1) is 20.9. The minimum Gasteiger partial charge on any atom is -0.355 e. The summed E-state index contributed by atoms with van der Waals surface area (Å²) >= 11 is 0. The minimum atomic E-state index is -3.39. The van der Waals surface area contributed by atoms with Crippen LogP contribution in [0.4, 0.5) is 0 Å². The van der Waals surface area contributed by atoms with Crippen molar-refractivity contribution in [3.05, 3.63) is 30.3 Å². The normalized spacial score (nSPS) is 16.4. The Morgan fingerprint density at radius 1 is 1.12 bits per heavy atom.